The van der Waals surface area contributed by atoms with Crippen LogP contribution in [0.25, 0.3) is 0 Å². The summed E-state index contributed by atoms with van der Waals surface area (Å²) in [6.45, 7) is 10.9. The van der Waals surface area contributed by atoms with E-state index in [9.17, 15) is 14.7 Å². The number of amides is 2. The molecule has 1 aliphatic heterocycles. The average Bonchev–Trinajstić information content (AvgIpc) is 2.21. The van der Waals surface area contributed by atoms with Crippen LogP contribution in [0.15, 0.2) is 0 Å². The number of urea groups is 1. The molecule has 1 rings (SSSR count). The summed E-state index contributed by atoms with van der Waals surface area (Å²) in [5, 5.41) is 12.6. The van der Waals surface area contributed by atoms with Crippen molar-refractivity contribution in [3.8, 4) is 0 Å². The molecule has 5 nitrogen and oxygen atoms in total. The van der Waals surface area contributed by atoms with Crippen LogP contribution >= 0.6 is 11.8 Å². The highest BCUT2D eigenvalue weighted by Crippen LogP contribution is 2.25. The molecular weight excluding hydrogens is 264 g/mol. The first-order valence-electron chi connectivity index (χ1n) is 6.55. The summed E-state index contributed by atoms with van der Waals surface area (Å²) >= 11 is 1.86. The Morgan fingerprint density at radius 1 is 1.26 bits per heavy atom. The molecule has 3 atom stereocenters. The topological polar surface area (TPSA) is 69.6 Å². The molecule has 0 aromatic carbocycles. The molecule has 1 aliphatic rings. The molecule has 0 aliphatic carbocycles. The van der Waals surface area contributed by atoms with E-state index in [4.69, 9.17) is 0 Å². The van der Waals surface area contributed by atoms with Crippen molar-refractivity contribution < 1.29 is 14.7 Å². The van der Waals surface area contributed by atoms with Crippen LogP contribution in [-0.2, 0) is 4.79 Å². The summed E-state index contributed by atoms with van der Waals surface area (Å²) in [5.41, 5.74) is -0.511. The fraction of sp³-hybridized carbons (Fsp3) is 0.846. The van der Waals surface area contributed by atoms with E-state index in [0.717, 1.165) is 0 Å². The molecule has 0 saturated carbocycles. The van der Waals surface area contributed by atoms with Gasteiger partial charge in [-0.25, -0.2) is 9.59 Å². The number of aliphatic carboxylic acids is 1. The molecule has 1 saturated heterocycles. The number of nitrogens with one attached hydrogen (secondary N) is 1. The maximum Gasteiger partial charge on any atom is 0.326 e. The van der Waals surface area contributed by atoms with Gasteiger partial charge in [0.15, 0.2) is 0 Å². The molecule has 2 amide bonds. The molecule has 1 heterocycles. The lowest BCUT2D eigenvalue weighted by molar-refractivity contribution is -0.142. The van der Waals surface area contributed by atoms with Gasteiger partial charge in [-0.1, -0.05) is 34.6 Å². The first kappa shape index (κ1) is 16.1. The number of carboxylic acids is 1. The molecule has 6 heteroatoms. The van der Waals surface area contributed by atoms with Gasteiger partial charge in [-0.2, -0.15) is 11.8 Å². The smallest absolute Gasteiger partial charge is 0.326 e. The third kappa shape index (κ3) is 4.60. The minimum atomic E-state index is -0.992. The Morgan fingerprint density at radius 2 is 1.74 bits per heavy atom. The fourth-order valence-electron chi connectivity index (χ4n) is 2.21. The van der Waals surface area contributed by atoms with Crippen LogP contribution in [0.1, 0.15) is 34.6 Å². The van der Waals surface area contributed by atoms with Crippen molar-refractivity contribution in [2.24, 2.45) is 5.41 Å². The van der Waals surface area contributed by atoms with Crippen LogP contribution in [0, 0.1) is 5.41 Å². The van der Waals surface area contributed by atoms with E-state index in [1.54, 1.807) is 4.90 Å². The Hall–Kier alpha value is -0.910. The number of nitrogens with zero attached hydrogens (tertiary/aromatic N) is 1. The summed E-state index contributed by atoms with van der Waals surface area (Å²) in [6.07, 6.45) is 0. The Balaban J connectivity index is 2.69. The lowest BCUT2D eigenvalue weighted by Crippen LogP contribution is -2.56. The van der Waals surface area contributed by atoms with Crippen LogP contribution in [0.2, 0.25) is 0 Å². The van der Waals surface area contributed by atoms with Gasteiger partial charge in [0, 0.05) is 23.6 Å². The Labute approximate surface area is 119 Å². The van der Waals surface area contributed by atoms with E-state index in [-0.39, 0.29) is 6.03 Å². The summed E-state index contributed by atoms with van der Waals surface area (Å²) < 4.78 is 0. The van der Waals surface area contributed by atoms with E-state index >= 15 is 0 Å². The van der Waals surface area contributed by atoms with Crippen LogP contribution in [0.5, 0.6) is 0 Å². The summed E-state index contributed by atoms with van der Waals surface area (Å²) in [7, 11) is 0. The summed E-state index contributed by atoms with van der Waals surface area (Å²) in [4.78, 5) is 25.2. The fourth-order valence-corrected chi connectivity index (χ4v) is 3.53. The van der Waals surface area contributed by atoms with Gasteiger partial charge >= 0.3 is 12.0 Å². The number of rotatable bonds is 2. The van der Waals surface area contributed by atoms with Crippen LogP contribution in [-0.4, -0.2) is 51.6 Å². The van der Waals surface area contributed by atoms with E-state index in [2.05, 4.69) is 19.2 Å². The van der Waals surface area contributed by atoms with E-state index in [1.807, 2.05) is 32.5 Å². The molecule has 19 heavy (non-hydrogen) atoms. The Morgan fingerprint density at radius 3 is 2.11 bits per heavy atom. The van der Waals surface area contributed by atoms with Gasteiger partial charge < -0.3 is 15.3 Å². The maximum atomic E-state index is 12.2. The third-order valence-electron chi connectivity index (χ3n) is 3.09. The highest BCUT2D eigenvalue weighted by Gasteiger charge is 2.35. The normalized spacial score (nSPS) is 25.8. The SMILES string of the molecule is CC1CN(C(=O)NC(C(=O)O)C(C)(C)C)CC(C)S1. The minimum Gasteiger partial charge on any atom is -0.480 e. The van der Waals surface area contributed by atoms with Crippen molar-refractivity contribution in [3.63, 3.8) is 0 Å². The minimum absolute atomic E-state index is 0.277. The molecule has 0 aromatic rings. The van der Waals surface area contributed by atoms with Crippen LogP contribution in [0.4, 0.5) is 4.79 Å². The van der Waals surface area contributed by atoms with Crippen molar-refractivity contribution in [1.82, 2.24) is 10.2 Å². The van der Waals surface area contributed by atoms with E-state index < -0.39 is 17.4 Å². The molecule has 0 radical (unpaired) electrons. The number of carboxylic acid groups (broad SMARTS) is 1. The zero-order chi connectivity index (χ0) is 14.8. The molecule has 3 unspecified atom stereocenters. The second-order valence-corrected chi connectivity index (χ2v) is 8.13. The number of thioether (sulfide) groups is 1. The van der Waals surface area contributed by atoms with Crippen molar-refractivity contribution in [2.45, 2.75) is 51.2 Å². The van der Waals surface area contributed by atoms with Gasteiger partial charge in [-0.05, 0) is 5.41 Å². The first-order valence-corrected chi connectivity index (χ1v) is 7.49. The lowest BCUT2D eigenvalue weighted by atomic mass is 9.87. The average molecular weight is 288 g/mol. The predicted octanol–water partition coefficient (Wildman–Crippen LogP) is 2.02. The zero-order valence-electron chi connectivity index (χ0n) is 12.3. The van der Waals surface area contributed by atoms with Gasteiger partial charge in [0.25, 0.3) is 0 Å². The molecule has 1 fully saturated rings. The maximum absolute atomic E-state index is 12.2. The van der Waals surface area contributed by atoms with Crippen LogP contribution < -0.4 is 5.32 Å². The lowest BCUT2D eigenvalue weighted by Gasteiger charge is -2.36. The quantitative estimate of drug-likeness (QED) is 0.815. The number of hydrogen-bond donors (Lipinski definition) is 2. The van der Waals surface area contributed by atoms with E-state index in [0.29, 0.717) is 23.6 Å². The molecule has 0 bridgehead atoms. The molecule has 2 N–H and O–H groups in total. The molecule has 110 valence electrons. The highest BCUT2D eigenvalue weighted by atomic mass is 32.2. The molecular formula is C13H24N2O3S. The molecule has 0 aromatic heterocycles. The first-order chi connectivity index (χ1) is 8.61. The second-order valence-electron chi connectivity index (χ2n) is 6.25. The monoisotopic (exact) mass is 288 g/mol. The molecule has 0 spiro atoms. The summed E-state index contributed by atoms with van der Waals surface area (Å²) in [5.74, 6) is -0.992. The standard InChI is InChI=1S/C13H24N2O3S/c1-8-6-15(7-9(2)19-8)12(18)14-10(11(16)17)13(3,4)5/h8-10H,6-7H2,1-5H3,(H,14,18)(H,16,17). The van der Waals surface area contributed by atoms with Crippen molar-refractivity contribution in [2.75, 3.05) is 13.1 Å². The Kier molecular flexibility index (Phi) is 5.12. The summed E-state index contributed by atoms with van der Waals surface area (Å²) in [6, 6.07) is -1.15. The van der Waals surface area contributed by atoms with E-state index in [1.165, 1.54) is 0 Å². The number of carbonyl (C=O) groups excluding carboxylic acids is 1. The number of hydrogen-bond acceptors (Lipinski definition) is 3. The number of carbonyl (C=O) groups is 2. The second kappa shape index (κ2) is 6.03. The Bertz CT molecular complexity index is 344. The van der Waals surface area contributed by atoms with Gasteiger partial charge in [0.2, 0.25) is 0 Å². The van der Waals surface area contributed by atoms with Gasteiger partial charge in [-0.3, -0.25) is 0 Å². The highest BCUT2D eigenvalue weighted by molar-refractivity contribution is 8.00. The third-order valence-corrected chi connectivity index (χ3v) is 4.31. The van der Waals surface area contributed by atoms with Crippen molar-refractivity contribution >= 4 is 23.8 Å². The van der Waals surface area contributed by atoms with Crippen molar-refractivity contribution in [1.29, 1.82) is 0 Å². The zero-order valence-corrected chi connectivity index (χ0v) is 13.1. The van der Waals surface area contributed by atoms with Gasteiger partial charge in [0.1, 0.15) is 6.04 Å². The largest absolute Gasteiger partial charge is 0.480 e. The predicted molar refractivity (Wildman–Crippen MR) is 77.5 cm³/mol. The van der Waals surface area contributed by atoms with Gasteiger partial charge in [-0.15, -0.1) is 0 Å². The van der Waals surface area contributed by atoms with Crippen LogP contribution in [0.3, 0.4) is 0 Å². The van der Waals surface area contributed by atoms with Crippen molar-refractivity contribution in [3.05, 3.63) is 0 Å². The van der Waals surface area contributed by atoms with Gasteiger partial charge in [0.05, 0.1) is 0 Å².